The standard InChI is InChI=1S/C31H32BrClN2O5/c1-20-14-22(15-21(2)27(20)40-18-23-8-5-6-11-26(23)33)17-34(3)28(36)29(37)35-13-12-31(19-35,30(38)39-4)24-9-7-10-25(32)16-24/h5-11,14-16H,12-13,17-19H2,1-4H3. The van der Waals surface area contributed by atoms with Crippen molar-refractivity contribution in [3.63, 3.8) is 0 Å². The lowest BCUT2D eigenvalue weighted by atomic mass is 9.79. The van der Waals surface area contributed by atoms with E-state index >= 15 is 0 Å². The van der Waals surface area contributed by atoms with E-state index in [2.05, 4.69) is 15.9 Å². The smallest absolute Gasteiger partial charge is 0.318 e. The molecule has 1 unspecified atom stereocenters. The summed E-state index contributed by atoms with van der Waals surface area (Å²) in [5.74, 6) is -0.942. The summed E-state index contributed by atoms with van der Waals surface area (Å²) in [6, 6.07) is 18.9. The van der Waals surface area contributed by atoms with Crippen LogP contribution in [-0.2, 0) is 37.7 Å². The molecule has 9 heteroatoms. The van der Waals surface area contributed by atoms with Gasteiger partial charge in [-0.25, -0.2) is 0 Å². The zero-order valence-electron chi connectivity index (χ0n) is 23.0. The second-order valence-electron chi connectivity index (χ2n) is 10.2. The van der Waals surface area contributed by atoms with Crippen LogP contribution in [0.1, 0.15) is 34.2 Å². The van der Waals surface area contributed by atoms with Crippen molar-refractivity contribution in [3.05, 3.63) is 98.0 Å². The Balaban J connectivity index is 1.43. The number of ether oxygens (including phenoxy) is 2. The fraction of sp³-hybridized carbons (Fsp3) is 0.323. The van der Waals surface area contributed by atoms with Gasteiger partial charge < -0.3 is 19.3 Å². The van der Waals surface area contributed by atoms with Crippen molar-refractivity contribution in [2.45, 2.75) is 38.8 Å². The molecule has 0 aliphatic carbocycles. The lowest BCUT2D eigenvalue weighted by molar-refractivity contribution is -0.152. The number of likely N-dealkylation sites (N-methyl/N-ethyl adjacent to an activating group) is 1. The molecule has 1 fully saturated rings. The molecule has 7 nitrogen and oxygen atoms in total. The Kier molecular flexibility index (Phi) is 9.21. The summed E-state index contributed by atoms with van der Waals surface area (Å²) in [7, 11) is 2.94. The number of halogens is 2. The maximum Gasteiger partial charge on any atom is 0.318 e. The van der Waals surface area contributed by atoms with Crippen molar-refractivity contribution in [3.8, 4) is 5.75 Å². The van der Waals surface area contributed by atoms with E-state index in [1.165, 1.54) is 16.9 Å². The van der Waals surface area contributed by atoms with E-state index in [1.807, 2.05) is 74.5 Å². The third kappa shape index (κ3) is 6.18. The molecule has 1 heterocycles. The summed E-state index contributed by atoms with van der Waals surface area (Å²) in [6.07, 6.45) is 0.368. The van der Waals surface area contributed by atoms with Gasteiger partial charge in [-0.05, 0) is 60.7 Å². The average molecular weight is 628 g/mol. The van der Waals surface area contributed by atoms with Crippen LogP contribution in [-0.4, -0.2) is 54.8 Å². The second kappa shape index (κ2) is 12.4. The number of amides is 2. The molecule has 1 saturated heterocycles. The summed E-state index contributed by atoms with van der Waals surface area (Å²) >= 11 is 9.71. The SMILES string of the molecule is COC(=O)C1(c2cccc(Br)c2)CCN(C(=O)C(=O)N(C)Cc2cc(C)c(OCc3ccccc3Cl)c(C)c2)C1. The molecule has 0 spiro atoms. The fourth-order valence-corrected chi connectivity index (χ4v) is 5.84. The summed E-state index contributed by atoms with van der Waals surface area (Å²) in [6.45, 7) is 4.84. The van der Waals surface area contributed by atoms with E-state index in [0.29, 0.717) is 18.1 Å². The van der Waals surface area contributed by atoms with Gasteiger partial charge in [-0.3, -0.25) is 14.4 Å². The Morgan fingerprint density at radius 1 is 1.05 bits per heavy atom. The van der Waals surface area contributed by atoms with Crippen LogP contribution in [0.5, 0.6) is 5.75 Å². The number of esters is 1. The largest absolute Gasteiger partial charge is 0.488 e. The molecule has 0 aromatic heterocycles. The first kappa shape index (κ1) is 29.6. The molecule has 0 N–H and O–H groups in total. The number of carbonyl (C=O) groups is 3. The minimum Gasteiger partial charge on any atom is -0.488 e. The van der Waals surface area contributed by atoms with Gasteiger partial charge in [0, 0.05) is 41.7 Å². The summed E-state index contributed by atoms with van der Waals surface area (Å²) in [5, 5.41) is 0.651. The number of rotatable bonds is 7. The molecule has 0 bridgehead atoms. The average Bonchev–Trinajstić information content (AvgIpc) is 3.39. The topological polar surface area (TPSA) is 76.2 Å². The van der Waals surface area contributed by atoms with Crippen molar-refractivity contribution in [2.24, 2.45) is 0 Å². The molecule has 3 aromatic carbocycles. The maximum atomic E-state index is 13.3. The number of benzene rings is 3. The fourth-order valence-electron chi connectivity index (χ4n) is 5.25. The van der Waals surface area contributed by atoms with E-state index in [1.54, 1.807) is 7.05 Å². The van der Waals surface area contributed by atoms with Gasteiger partial charge in [0.05, 0.1) is 7.11 Å². The molecule has 1 atom stereocenters. The lowest BCUT2D eigenvalue weighted by Gasteiger charge is -2.27. The molecule has 210 valence electrons. The maximum absolute atomic E-state index is 13.3. The molecule has 2 amide bonds. The van der Waals surface area contributed by atoms with Gasteiger partial charge in [0.1, 0.15) is 17.8 Å². The van der Waals surface area contributed by atoms with Crippen molar-refractivity contribution < 1.29 is 23.9 Å². The van der Waals surface area contributed by atoms with Crippen LogP contribution in [0.2, 0.25) is 5.02 Å². The zero-order valence-corrected chi connectivity index (χ0v) is 25.3. The van der Waals surface area contributed by atoms with Crippen molar-refractivity contribution in [1.82, 2.24) is 9.80 Å². The molecule has 4 rings (SSSR count). The number of carbonyl (C=O) groups excluding carboxylic acids is 3. The quantitative estimate of drug-likeness (QED) is 0.252. The van der Waals surface area contributed by atoms with Crippen LogP contribution < -0.4 is 4.74 Å². The minimum atomic E-state index is -1.03. The van der Waals surface area contributed by atoms with E-state index in [4.69, 9.17) is 21.1 Å². The highest BCUT2D eigenvalue weighted by molar-refractivity contribution is 9.10. The molecule has 0 saturated carbocycles. The van der Waals surface area contributed by atoms with Crippen LogP contribution in [0.4, 0.5) is 0 Å². The highest BCUT2D eigenvalue weighted by Gasteiger charge is 2.49. The third-order valence-electron chi connectivity index (χ3n) is 7.31. The molecular formula is C31H32BrClN2O5. The first-order valence-corrected chi connectivity index (χ1v) is 14.1. The van der Waals surface area contributed by atoms with Crippen molar-refractivity contribution in [2.75, 3.05) is 27.2 Å². The second-order valence-corrected chi connectivity index (χ2v) is 11.5. The minimum absolute atomic E-state index is 0.0736. The highest BCUT2D eigenvalue weighted by atomic mass is 79.9. The van der Waals surface area contributed by atoms with Gasteiger partial charge in [0.15, 0.2) is 0 Å². The van der Waals surface area contributed by atoms with Crippen LogP contribution in [0.25, 0.3) is 0 Å². The molecule has 0 radical (unpaired) electrons. The van der Waals surface area contributed by atoms with Gasteiger partial charge >= 0.3 is 17.8 Å². The predicted molar refractivity (Wildman–Crippen MR) is 157 cm³/mol. The summed E-state index contributed by atoms with van der Waals surface area (Å²) in [5.41, 5.74) is 3.34. The molecular weight excluding hydrogens is 596 g/mol. The molecule has 40 heavy (non-hydrogen) atoms. The van der Waals surface area contributed by atoms with Gasteiger partial charge in [0.25, 0.3) is 0 Å². The number of nitrogens with zero attached hydrogens (tertiary/aromatic N) is 2. The third-order valence-corrected chi connectivity index (χ3v) is 8.17. The molecule has 1 aliphatic heterocycles. The number of hydrogen-bond acceptors (Lipinski definition) is 5. The monoisotopic (exact) mass is 626 g/mol. The number of methoxy groups -OCH3 is 1. The Morgan fingerprint density at radius 3 is 2.40 bits per heavy atom. The first-order valence-electron chi connectivity index (χ1n) is 12.9. The van der Waals surface area contributed by atoms with Gasteiger partial charge in [-0.15, -0.1) is 0 Å². The zero-order chi connectivity index (χ0) is 29.0. The molecule has 3 aromatic rings. The normalized spacial score (nSPS) is 16.5. The van der Waals surface area contributed by atoms with Crippen molar-refractivity contribution >= 4 is 45.3 Å². The van der Waals surface area contributed by atoms with Crippen LogP contribution in [0, 0.1) is 13.8 Å². The highest BCUT2D eigenvalue weighted by Crippen LogP contribution is 2.37. The van der Waals surface area contributed by atoms with E-state index in [0.717, 1.165) is 38.0 Å². The van der Waals surface area contributed by atoms with E-state index < -0.39 is 23.2 Å². The lowest BCUT2D eigenvalue weighted by Crippen LogP contribution is -2.46. The summed E-state index contributed by atoms with van der Waals surface area (Å²) in [4.78, 5) is 42.2. The van der Waals surface area contributed by atoms with Crippen LogP contribution >= 0.6 is 27.5 Å². The number of hydrogen-bond donors (Lipinski definition) is 0. The van der Waals surface area contributed by atoms with Crippen molar-refractivity contribution in [1.29, 1.82) is 0 Å². The Hall–Kier alpha value is -3.36. The van der Waals surface area contributed by atoms with Crippen LogP contribution in [0.15, 0.2) is 65.1 Å². The van der Waals surface area contributed by atoms with Crippen LogP contribution in [0.3, 0.4) is 0 Å². The van der Waals surface area contributed by atoms with Gasteiger partial charge in [-0.1, -0.05) is 70.0 Å². The van der Waals surface area contributed by atoms with E-state index in [9.17, 15) is 14.4 Å². The summed E-state index contributed by atoms with van der Waals surface area (Å²) < 4.78 is 12.0. The molecule has 1 aliphatic rings. The Bertz CT molecular complexity index is 1420. The number of likely N-dealkylation sites (tertiary alicyclic amines) is 1. The first-order chi connectivity index (χ1) is 19.1. The predicted octanol–water partition coefficient (Wildman–Crippen LogP) is 5.60. The van der Waals surface area contributed by atoms with E-state index in [-0.39, 0.29) is 19.6 Å². The van der Waals surface area contributed by atoms with Gasteiger partial charge in [-0.2, -0.15) is 0 Å². The Morgan fingerprint density at radius 2 is 1.75 bits per heavy atom. The number of aryl methyl sites for hydroxylation is 2. The Labute approximate surface area is 248 Å². The van der Waals surface area contributed by atoms with Gasteiger partial charge in [0.2, 0.25) is 0 Å².